The Labute approximate surface area is 133 Å². The normalized spacial score (nSPS) is 16.5. The maximum atomic E-state index is 5.28. The topological polar surface area (TPSA) is 45.4 Å². The number of nitrogens with zero attached hydrogens (tertiary/aromatic N) is 4. The van der Waals surface area contributed by atoms with Gasteiger partial charge in [-0.05, 0) is 23.7 Å². The lowest BCUT2D eigenvalue weighted by Gasteiger charge is -2.34. The van der Waals surface area contributed by atoms with Gasteiger partial charge in [-0.25, -0.2) is 4.98 Å². The summed E-state index contributed by atoms with van der Waals surface area (Å²) in [4.78, 5) is 9.19. The van der Waals surface area contributed by atoms with E-state index in [1.807, 2.05) is 6.92 Å². The molecule has 5 nitrogen and oxygen atoms in total. The summed E-state index contributed by atoms with van der Waals surface area (Å²) >= 11 is 1.59. The van der Waals surface area contributed by atoms with E-state index in [1.54, 1.807) is 17.8 Å². The van der Waals surface area contributed by atoms with E-state index in [4.69, 9.17) is 4.42 Å². The molecule has 1 aliphatic rings. The van der Waals surface area contributed by atoms with Gasteiger partial charge in [0.05, 0.1) is 10.4 Å². The van der Waals surface area contributed by atoms with Crippen LogP contribution in [0.15, 0.2) is 34.9 Å². The molecule has 4 rings (SSSR count). The minimum absolute atomic E-state index is 0.738. The third-order valence-corrected chi connectivity index (χ3v) is 4.90. The number of piperazine rings is 1. The molecule has 0 atom stereocenters. The molecule has 0 unspecified atom stereocenters. The number of aryl methyl sites for hydroxylation is 1. The monoisotopic (exact) mass is 314 g/mol. The number of anilines is 1. The molecule has 0 amide bonds. The molecule has 0 bridgehead atoms. The molecule has 0 N–H and O–H groups in total. The van der Waals surface area contributed by atoms with E-state index >= 15 is 0 Å². The maximum absolute atomic E-state index is 5.28. The summed E-state index contributed by atoms with van der Waals surface area (Å²) in [6.07, 6.45) is 1.76. The fourth-order valence-electron chi connectivity index (χ4n) is 2.93. The second-order valence-electron chi connectivity index (χ2n) is 5.62. The molecule has 0 saturated carbocycles. The van der Waals surface area contributed by atoms with Gasteiger partial charge in [-0.2, -0.15) is 4.37 Å². The number of hydrogen-bond donors (Lipinski definition) is 0. The predicted molar refractivity (Wildman–Crippen MR) is 88.4 cm³/mol. The van der Waals surface area contributed by atoms with Crippen LogP contribution in [0.1, 0.15) is 11.6 Å². The molecule has 22 heavy (non-hydrogen) atoms. The van der Waals surface area contributed by atoms with Gasteiger partial charge in [-0.3, -0.25) is 4.90 Å². The molecular formula is C16H18N4OS. The molecule has 1 fully saturated rings. The lowest BCUT2D eigenvalue weighted by Crippen LogP contribution is -2.46. The van der Waals surface area contributed by atoms with Crippen LogP contribution in [0.5, 0.6) is 0 Å². The summed E-state index contributed by atoms with van der Waals surface area (Å²) in [6.45, 7) is 6.81. The summed E-state index contributed by atoms with van der Waals surface area (Å²) < 4.78 is 11.2. The fourth-order valence-corrected chi connectivity index (χ4v) is 3.72. The fraction of sp³-hybridized carbons (Fsp3) is 0.375. The molecule has 0 aliphatic carbocycles. The van der Waals surface area contributed by atoms with Crippen molar-refractivity contribution in [1.82, 2.24) is 14.3 Å². The van der Waals surface area contributed by atoms with Gasteiger partial charge in [0.25, 0.3) is 0 Å². The molecule has 1 aromatic carbocycles. The van der Waals surface area contributed by atoms with E-state index in [0.717, 1.165) is 50.1 Å². The molecule has 2 aromatic heterocycles. The van der Waals surface area contributed by atoms with Gasteiger partial charge in [0.1, 0.15) is 12.1 Å². The largest absolute Gasteiger partial charge is 0.449 e. The van der Waals surface area contributed by atoms with Crippen LogP contribution in [0, 0.1) is 6.92 Å². The van der Waals surface area contributed by atoms with Crippen LogP contribution in [0.2, 0.25) is 0 Å². The molecule has 3 heterocycles. The van der Waals surface area contributed by atoms with Crippen LogP contribution in [0.3, 0.4) is 0 Å². The van der Waals surface area contributed by atoms with Crippen LogP contribution in [-0.4, -0.2) is 40.4 Å². The van der Waals surface area contributed by atoms with Gasteiger partial charge in [0.2, 0.25) is 0 Å². The molecule has 1 aliphatic heterocycles. The smallest absolute Gasteiger partial charge is 0.191 e. The zero-order valence-corrected chi connectivity index (χ0v) is 13.3. The Morgan fingerprint density at radius 3 is 2.77 bits per heavy atom. The van der Waals surface area contributed by atoms with Gasteiger partial charge in [-0.15, -0.1) is 0 Å². The zero-order valence-electron chi connectivity index (χ0n) is 12.5. The first-order valence-electron chi connectivity index (χ1n) is 7.52. The Kier molecular flexibility index (Phi) is 3.56. The van der Waals surface area contributed by atoms with Crippen LogP contribution in [0.4, 0.5) is 5.82 Å². The van der Waals surface area contributed by atoms with Gasteiger partial charge in [0, 0.05) is 45.0 Å². The highest BCUT2D eigenvalue weighted by Gasteiger charge is 2.21. The molecule has 114 valence electrons. The second kappa shape index (κ2) is 5.70. The second-order valence-corrected chi connectivity index (χ2v) is 6.43. The summed E-state index contributed by atoms with van der Waals surface area (Å²) in [7, 11) is 0. The van der Waals surface area contributed by atoms with Crippen molar-refractivity contribution in [2.24, 2.45) is 0 Å². The highest BCUT2D eigenvalue weighted by atomic mass is 32.1. The van der Waals surface area contributed by atoms with Crippen molar-refractivity contribution in [1.29, 1.82) is 0 Å². The van der Waals surface area contributed by atoms with E-state index in [9.17, 15) is 0 Å². The van der Waals surface area contributed by atoms with Crippen molar-refractivity contribution in [2.45, 2.75) is 13.5 Å². The van der Waals surface area contributed by atoms with E-state index in [1.165, 1.54) is 10.1 Å². The Morgan fingerprint density at radius 1 is 1.18 bits per heavy atom. The molecular weight excluding hydrogens is 296 g/mol. The van der Waals surface area contributed by atoms with Crippen molar-refractivity contribution in [3.05, 3.63) is 42.1 Å². The summed E-state index contributed by atoms with van der Waals surface area (Å²) in [5.74, 6) is 1.88. The highest BCUT2D eigenvalue weighted by molar-refractivity contribution is 7.13. The minimum atomic E-state index is 0.738. The molecule has 1 saturated heterocycles. The first-order valence-corrected chi connectivity index (χ1v) is 8.30. The van der Waals surface area contributed by atoms with E-state index in [0.29, 0.717) is 0 Å². The summed E-state index contributed by atoms with van der Waals surface area (Å²) in [5, 5.41) is 1.27. The Bertz CT molecular complexity index is 773. The molecule has 6 heteroatoms. The summed E-state index contributed by atoms with van der Waals surface area (Å²) in [5.41, 5.74) is 1.02. The maximum Gasteiger partial charge on any atom is 0.191 e. The zero-order chi connectivity index (χ0) is 14.9. The number of aromatic nitrogens is 2. The van der Waals surface area contributed by atoms with Crippen LogP contribution in [-0.2, 0) is 6.54 Å². The molecule has 3 aromatic rings. The van der Waals surface area contributed by atoms with Crippen molar-refractivity contribution in [3.8, 4) is 0 Å². The average molecular weight is 314 g/mol. The Hall–Kier alpha value is -1.92. The van der Waals surface area contributed by atoms with Crippen LogP contribution >= 0.6 is 11.5 Å². The van der Waals surface area contributed by atoms with Gasteiger partial charge >= 0.3 is 0 Å². The Balaban J connectivity index is 1.43. The standard InChI is InChI=1S/C16H18N4OS/c1-12-17-13(11-21-12)10-19-6-8-20(9-7-19)16-14-4-2-3-5-15(14)22-18-16/h2-5,11H,6-10H2,1H3. The van der Waals surface area contributed by atoms with Gasteiger partial charge in [0.15, 0.2) is 5.89 Å². The van der Waals surface area contributed by atoms with Crippen molar-refractivity contribution in [2.75, 3.05) is 31.1 Å². The predicted octanol–water partition coefficient (Wildman–Crippen LogP) is 2.91. The van der Waals surface area contributed by atoms with Crippen molar-refractivity contribution >= 4 is 27.4 Å². The first-order chi connectivity index (χ1) is 10.8. The molecule has 0 spiro atoms. The van der Waals surface area contributed by atoms with E-state index < -0.39 is 0 Å². The lowest BCUT2D eigenvalue weighted by atomic mass is 10.2. The number of benzene rings is 1. The third kappa shape index (κ3) is 2.60. The van der Waals surface area contributed by atoms with E-state index in [2.05, 4.69) is 43.4 Å². The van der Waals surface area contributed by atoms with Crippen LogP contribution in [0.25, 0.3) is 10.1 Å². The first kappa shape index (κ1) is 13.7. The van der Waals surface area contributed by atoms with E-state index in [-0.39, 0.29) is 0 Å². The lowest BCUT2D eigenvalue weighted by molar-refractivity contribution is 0.246. The quantitative estimate of drug-likeness (QED) is 0.744. The average Bonchev–Trinajstić information content (AvgIpc) is 3.14. The molecule has 0 radical (unpaired) electrons. The SMILES string of the molecule is Cc1nc(CN2CCN(c3nsc4ccccc34)CC2)co1. The summed E-state index contributed by atoms with van der Waals surface area (Å²) in [6, 6.07) is 8.46. The third-order valence-electron chi connectivity index (χ3n) is 4.08. The highest BCUT2D eigenvalue weighted by Crippen LogP contribution is 2.29. The van der Waals surface area contributed by atoms with Crippen molar-refractivity contribution < 1.29 is 4.42 Å². The Morgan fingerprint density at radius 2 is 2.00 bits per heavy atom. The minimum Gasteiger partial charge on any atom is -0.449 e. The number of oxazole rings is 1. The van der Waals surface area contributed by atoms with Crippen molar-refractivity contribution in [3.63, 3.8) is 0 Å². The number of rotatable bonds is 3. The van der Waals surface area contributed by atoms with Gasteiger partial charge in [-0.1, -0.05) is 12.1 Å². The number of hydrogen-bond acceptors (Lipinski definition) is 6. The van der Waals surface area contributed by atoms with Gasteiger partial charge < -0.3 is 9.32 Å². The van der Waals surface area contributed by atoms with Crippen LogP contribution < -0.4 is 4.90 Å². The number of fused-ring (bicyclic) bond motifs is 1.